The number of ketones is 1. The number of carbonyl (C=O) groups excluding carboxylic acids is 3. The normalized spacial score (nSPS) is 12.4. The monoisotopic (exact) mass is 384 g/mol. The van der Waals surface area contributed by atoms with Gasteiger partial charge in [0, 0.05) is 36.0 Å². The number of amides is 2. The van der Waals surface area contributed by atoms with Gasteiger partial charge in [-0.25, -0.2) is 0 Å². The maximum Gasteiger partial charge on any atom is 0.256 e. The molecule has 29 heavy (non-hydrogen) atoms. The molecule has 2 amide bonds. The number of carbonyl (C=O) groups is 3. The van der Waals surface area contributed by atoms with E-state index in [1.54, 1.807) is 66.4 Å². The highest BCUT2D eigenvalue weighted by Gasteiger charge is 2.23. The summed E-state index contributed by atoms with van der Waals surface area (Å²) in [5.41, 5.74) is 3.77. The summed E-state index contributed by atoms with van der Waals surface area (Å²) >= 11 is 0. The van der Waals surface area contributed by atoms with Crippen LogP contribution in [0.2, 0.25) is 0 Å². The number of fused-ring (bicyclic) bond motifs is 1. The van der Waals surface area contributed by atoms with Crippen molar-refractivity contribution in [3.63, 3.8) is 0 Å². The highest BCUT2D eigenvalue weighted by molar-refractivity contribution is 6.17. The number of anilines is 2. The number of hydrogen-bond acceptors (Lipinski definition) is 3. The summed E-state index contributed by atoms with van der Waals surface area (Å²) in [6.45, 7) is 2.20. The van der Waals surface area contributed by atoms with E-state index in [1.807, 2.05) is 18.2 Å². The van der Waals surface area contributed by atoms with E-state index in [1.165, 1.54) is 0 Å². The van der Waals surface area contributed by atoms with Crippen molar-refractivity contribution in [3.05, 3.63) is 95.1 Å². The quantitative estimate of drug-likeness (QED) is 0.690. The summed E-state index contributed by atoms with van der Waals surface area (Å²) in [7, 11) is 0. The van der Waals surface area contributed by atoms with Crippen LogP contribution in [0.3, 0.4) is 0 Å². The Balaban J connectivity index is 1.59. The molecule has 3 aromatic rings. The van der Waals surface area contributed by atoms with Crippen LogP contribution in [0.4, 0.5) is 11.4 Å². The molecule has 0 unspecified atom stereocenters. The lowest BCUT2D eigenvalue weighted by Crippen LogP contribution is -2.25. The number of hydrogen-bond donors (Lipinski definition) is 1. The molecule has 0 saturated heterocycles. The first-order valence-electron chi connectivity index (χ1n) is 9.46. The molecule has 3 aromatic carbocycles. The van der Waals surface area contributed by atoms with Crippen molar-refractivity contribution in [1.29, 1.82) is 0 Å². The average Bonchev–Trinajstić information content (AvgIpc) is 3.17. The van der Waals surface area contributed by atoms with E-state index >= 15 is 0 Å². The predicted molar refractivity (Wildman–Crippen MR) is 112 cm³/mol. The van der Waals surface area contributed by atoms with Crippen LogP contribution in [-0.4, -0.2) is 24.1 Å². The lowest BCUT2D eigenvalue weighted by atomic mass is 9.98. The van der Waals surface area contributed by atoms with Crippen molar-refractivity contribution in [1.82, 2.24) is 0 Å². The second-order valence-electron chi connectivity index (χ2n) is 6.96. The Morgan fingerprint density at radius 3 is 2.28 bits per heavy atom. The first-order valence-corrected chi connectivity index (χ1v) is 9.46. The van der Waals surface area contributed by atoms with Gasteiger partial charge >= 0.3 is 0 Å². The van der Waals surface area contributed by atoms with Crippen molar-refractivity contribution in [3.8, 4) is 0 Å². The molecule has 5 nitrogen and oxygen atoms in total. The van der Waals surface area contributed by atoms with Gasteiger partial charge in [0.15, 0.2) is 5.78 Å². The molecule has 1 aliphatic heterocycles. The van der Waals surface area contributed by atoms with Gasteiger partial charge in [-0.3, -0.25) is 14.4 Å². The summed E-state index contributed by atoms with van der Waals surface area (Å²) in [4.78, 5) is 39.2. The van der Waals surface area contributed by atoms with E-state index in [0.717, 1.165) is 17.7 Å². The molecule has 1 heterocycles. The van der Waals surface area contributed by atoms with Gasteiger partial charge in [0.25, 0.3) is 5.91 Å². The Hall–Kier alpha value is -3.73. The molecule has 0 aliphatic carbocycles. The van der Waals surface area contributed by atoms with Crippen LogP contribution >= 0.6 is 0 Å². The number of nitrogens with one attached hydrogen (secondary N) is 1. The molecular weight excluding hydrogens is 364 g/mol. The van der Waals surface area contributed by atoms with Crippen LogP contribution in [0, 0.1) is 0 Å². The standard InChI is InChI=1S/C24H20N2O3/c1-16(27)26-14-13-18-15-19(11-12-22(18)26)25-24(29)21-10-6-5-9-20(21)23(28)17-7-3-2-4-8-17/h2-12,15H,13-14H2,1H3,(H,25,29). The molecule has 1 aliphatic rings. The molecule has 0 atom stereocenters. The van der Waals surface area contributed by atoms with E-state index in [9.17, 15) is 14.4 Å². The number of benzene rings is 3. The van der Waals surface area contributed by atoms with Crippen molar-refractivity contribution in [2.75, 3.05) is 16.8 Å². The van der Waals surface area contributed by atoms with Gasteiger partial charge in [0.1, 0.15) is 0 Å². The molecule has 0 spiro atoms. The van der Waals surface area contributed by atoms with Crippen LogP contribution in [0.15, 0.2) is 72.8 Å². The summed E-state index contributed by atoms with van der Waals surface area (Å²) in [5.74, 6) is -0.525. The second-order valence-corrected chi connectivity index (χ2v) is 6.96. The third kappa shape index (κ3) is 3.67. The minimum absolute atomic E-state index is 0.00823. The van der Waals surface area contributed by atoms with Crippen LogP contribution in [0.5, 0.6) is 0 Å². The molecule has 0 radical (unpaired) electrons. The van der Waals surface area contributed by atoms with Gasteiger partial charge in [-0.05, 0) is 36.2 Å². The van der Waals surface area contributed by atoms with E-state index in [-0.39, 0.29) is 17.6 Å². The van der Waals surface area contributed by atoms with Crippen LogP contribution in [0.25, 0.3) is 0 Å². The molecular formula is C24H20N2O3. The number of nitrogens with zero attached hydrogens (tertiary/aromatic N) is 1. The predicted octanol–water partition coefficient (Wildman–Crippen LogP) is 4.08. The molecule has 0 bridgehead atoms. The van der Waals surface area contributed by atoms with Crippen molar-refractivity contribution >= 4 is 29.0 Å². The highest BCUT2D eigenvalue weighted by atomic mass is 16.2. The largest absolute Gasteiger partial charge is 0.322 e. The molecule has 0 fully saturated rings. The molecule has 5 heteroatoms. The van der Waals surface area contributed by atoms with Crippen LogP contribution in [-0.2, 0) is 11.2 Å². The fourth-order valence-electron chi connectivity index (χ4n) is 3.63. The molecule has 144 valence electrons. The van der Waals surface area contributed by atoms with E-state index in [2.05, 4.69) is 5.32 Å². The Morgan fingerprint density at radius 2 is 1.55 bits per heavy atom. The van der Waals surface area contributed by atoms with Gasteiger partial charge in [0.2, 0.25) is 5.91 Å². The smallest absolute Gasteiger partial charge is 0.256 e. The Morgan fingerprint density at radius 1 is 0.862 bits per heavy atom. The zero-order chi connectivity index (χ0) is 20.4. The zero-order valence-electron chi connectivity index (χ0n) is 16.0. The Kier molecular flexibility index (Phi) is 4.96. The van der Waals surface area contributed by atoms with Gasteiger partial charge in [-0.15, -0.1) is 0 Å². The Labute approximate surface area is 169 Å². The number of rotatable bonds is 4. The maximum atomic E-state index is 12.9. The molecule has 0 aromatic heterocycles. The first-order chi connectivity index (χ1) is 14.0. The average molecular weight is 384 g/mol. The maximum absolute atomic E-state index is 12.9. The van der Waals surface area contributed by atoms with Crippen LogP contribution < -0.4 is 10.2 Å². The lowest BCUT2D eigenvalue weighted by molar-refractivity contribution is -0.116. The third-order valence-corrected chi connectivity index (χ3v) is 5.07. The van der Waals surface area contributed by atoms with Gasteiger partial charge in [0.05, 0.1) is 5.56 Å². The van der Waals surface area contributed by atoms with Crippen molar-refractivity contribution in [2.45, 2.75) is 13.3 Å². The fourth-order valence-corrected chi connectivity index (χ4v) is 3.63. The fraction of sp³-hybridized carbons (Fsp3) is 0.125. The zero-order valence-corrected chi connectivity index (χ0v) is 16.0. The lowest BCUT2D eigenvalue weighted by Gasteiger charge is -2.15. The SMILES string of the molecule is CC(=O)N1CCc2cc(NC(=O)c3ccccc3C(=O)c3ccccc3)ccc21. The summed E-state index contributed by atoms with van der Waals surface area (Å²) < 4.78 is 0. The van der Waals surface area contributed by atoms with Crippen molar-refractivity contribution < 1.29 is 14.4 Å². The van der Waals surface area contributed by atoms with E-state index in [0.29, 0.717) is 28.9 Å². The summed E-state index contributed by atoms with van der Waals surface area (Å²) in [5, 5.41) is 2.88. The van der Waals surface area contributed by atoms with Gasteiger partial charge in [-0.1, -0.05) is 48.5 Å². The van der Waals surface area contributed by atoms with E-state index < -0.39 is 0 Å². The Bertz CT molecular complexity index is 1110. The third-order valence-electron chi connectivity index (χ3n) is 5.07. The molecule has 0 saturated carbocycles. The second kappa shape index (κ2) is 7.72. The van der Waals surface area contributed by atoms with Gasteiger partial charge in [-0.2, -0.15) is 0 Å². The van der Waals surface area contributed by atoms with E-state index in [4.69, 9.17) is 0 Å². The summed E-state index contributed by atoms with van der Waals surface area (Å²) in [6.07, 6.45) is 0.752. The van der Waals surface area contributed by atoms with Crippen LogP contribution in [0.1, 0.15) is 38.8 Å². The highest BCUT2D eigenvalue weighted by Crippen LogP contribution is 2.30. The topological polar surface area (TPSA) is 66.5 Å². The molecule has 1 N–H and O–H groups in total. The first kappa shape index (κ1) is 18.6. The summed E-state index contributed by atoms with van der Waals surface area (Å²) in [6, 6.07) is 21.2. The van der Waals surface area contributed by atoms with Gasteiger partial charge < -0.3 is 10.2 Å². The minimum Gasteiger partial charge on any atom is -0.322 e. The molecule has 4 rings (SSSR count). The minimum atomic E-state index is -0.341. The van der Waals surface area contributed by atoms with Crippen molar-refractivity contribution in [2.24, 2.45) is 0 Å².